The smallest absolute Gasteiger partial charge is 0.163 e. The lowest BCUT2D eigenvalue weighted by molar-refractivity contribution is -0.104. The van der Waals surface area contributed by atoms with Gasteiger partial charge >= 0.3 is 0 Å². The van der Waals surface area contributed by atoms with Crippen molar-refractivity contribution < 1.29 is 9.53 Å². The highest BCUT2D eigenvalue weighted by molar-refractivity contribution is 9.10. The molecule has 0 atom stereocenters. The summed E-state index contributed by atoms with van der Waals surface area (Å²) in [6.07, 6.45) is 9.20. The molecule has 0 saturated carbocycles. The van der Waals surface area contributed by atoms with Gasteiger partial charge < -0.3 is 4.74 Å². The van der Waals surface area contributed by atoms with Crippen LogP contribution < -0.4 is 4.74 Å². The molecule has 0 aliphatic carbocycles. The van der Waals surface area contributed by atoms with Gasteiger partial charge in [-0.15, -0.1) is 6.42 Å². The third-order valence-corrected chi connectivity index (χ3v) is 2.54. The van der Waals surface area contributed by atoms with Crippen LogP contribution in [0.5, 0.6) is 5.75 Å². The van der Waals surface area contributed by atoms with Gasteiger partial charge in [0.05, 0.1) is 0 Å². The van der Waals surface area contributed by atoms with Gasteiger partial charge in [-0.1, -0.05) is 27.9 Å². The minimum Gasteiger partial charge on any atom is -0.475 e. The Bertz CT molecular complexity index is 481. The summed E-state index contributed by atoms with van der Waals surface area (Å²) < 4.78 is 6.62. The van der Waals surface area contributed by atoms with Crippen LogP contribution in [0.15, 0.2) is 28.7 Å². The monoisotopic (exact) mass is 292 g/mol. The molecule has 0 aliphatic heterocycles. The van der Waals surface area contributed by atoms with Crippen LogP contribution in [0, 0.1) is 12.3 Å². The maximum atomic E-state index is 10.3. The van der Waals surface area contributed by atoms with E-state index in [0.29, 0.717) is 5.75 Å². The fourth-order valence-electron chi connectivity index (χ4n) is 1.18. The van der Waals surface area contributed by atoms with E-state index in [2.05, 4.69) is 21.9 Å². The average Bonchev–Trinajstić information content (AvgIpc) is 2.28. The Labute approximate surface area is 110 Å². The van der Waals surface area contributed by atoms with Crippen molar-refractivity contribution in [3.8, 4) is 18.1 Å². The number of halogens is 1. The van der Waals surface area contributed by atoms with Gasteiger partial charge in [0.15, 0.2) is 5.60 Å². The largest absolute Gasteiger partial charge is 0.475 e. The first-order valence-corrected chi connectivity index (χ1v) is 5.86. The maximum absolute atomic E-state index is 10.3. The lowest BCUT2D eigenvalue weighted by Gasteiger charge is -2.21. The molecular weight excluding hydrogens is 280 g/mol. The van der Waals surface area contributed by atoms with Crippen molar-refractivity contribution >= 4 is 28.3 Å². The van der Waals surface area contributed by atoms with Crippen molar-refractivity contribution in [1.29, 1.82) is 0 Å². The molecule has 3 heteroatoms. The van der Waals surface area contributed by atoms with Gasteiger partial charge in [-0.25, -0.2) is 0 Å². The van der Waals surface area contributed by atoms with Crippen LogP contribution in [0.3, 0.4) is 0 Å². The zero-order valence-corrected chi connectivity index (χ0v) is 11.3. The molecule has 0 amide bonds. The van der Waals surface area contributed by atoms with Crippen LogP contribution in [-0.4, -0.2) is 11.9 Å². The molecule has 88 valence electrons. The SMILES string of the molecule is C#CC(C)(C)Oc1cc(Br)ccc1/C=C/C=O. The Morgan fingerprint density at radius 2 is 2.18 bits per heavy atom. The number of carbonyl (C=O) groups excluding carboxylic acids is 1. The van der Waals surface area contributed by atoms with E-state index in [-0.39, 0.29) is 0 Å². The van der Waals surface area contributed by atoms with Gasteiger partial charge in [0.25, 0.3) is 0 Å². The van der Waals surface area contributed by atoms with Gasteiger partial charge in [-0.3, -0.25) is 4.79 Å². The van der Waals surface area contributed by atoms with Crippen molar-refractivity contribution in [2.24, 2.45) is 0 Å². The van der Waals surface area contributed by atoms with Crippen LogP contribution >= 0.6 is 15.9 Å². The topological polar surface area (TPSA) is 26.3 Å². The van der Waals surface area contributed by atoms with Crippen molar-refractivity contribution in [2.75, 3.05) is 0 Å². The Kier molecular flexibility index (Phi) is 4.53. The van der Waals surface area contributed by atoms with Gasteiger partial charge in [-0.05, 0) is 38.1 Å². The molecule has 0 radical (unpaired) electrons. The molecule has 17 heavy (non-hydrogen) atoms. The molecule has 2 nitrogen and oxygen atoms in total. The highest BCUT2D eigenvalue weighted by Crippen LogP contribution is 2.28. The van der Waals surface area contributed by atoms with Crippen LogP contribution in [0.1, 0.15) is 19.4 Å². The molecule has 0 spiro atoms. The summed E-state index contributed by atoms with van der Waals surface area (Å²) in [5, 5.41) is 0. The number of rotatable bonds is 4. The molecular formula is C14H13BrO2. The summed E-state index contributed by atoms with van der Waals surface area (Å²) in [4.78, 5) is 10.3. The molecule has 0 aliphatic rings. The number of benzene rings is 1. The molecule has 1 aromatic carbocycles. The van der Waals surface area contributed by atoms with E-state index in [9.17, 15) is 4.79 Å². The third-order valence-electron chi connectivity index (χ3n) is 2.04. The predicted molar refractivity (Wildman–Crippen MR) is 72.8 cm³/mol. The molecule has 0 unspecified atom stereocenters. The second-order valence-electron chi connectivity index (χ2n) is 3.93. The first kappa shape index (κ1) is 13.5. The number of carbonyl (C=O) groups is 1. The van der Waals surface area contributed by atoms with E-state index in [0.717, 1.165) is 16.3 Å². The normalized spacial score (nSPS) is 11.2. The molecule has 0 aromatic heterocycles. The molecule has 0 saturated heterocycles. The van der Waals surface area contributed by atoms with E-state index in [1.165, 1.54) is 6.08 Å². The molecule has 0 bridgehead atoms. The number of allylic oxidation sites excluding steroid dienone is 1. The Morgan fingerprint density at radius 3 is 2.76 bits per heavy atom. The lowest BCUT2D eigenvalue weighted by Crippen LogP contribution is -2.25. The summed E-state index contributed by atoms with van der Waals surface area (Å²) in [7, 11) is 0. The van der Waals surface area contributed by atoms with Crippen molar-refractivity contribution in [3.05, 3.63) is 34.3 Å². The first-order valence-electron chi connectivity index (χ1n) is 5.06. The minimum absolute atomic E-state index is 0.639. The number of aldehydes is 1. The van der Waals surface area contributed by atoms with Gasteiger partial charge in [0.1, 0.15) is 12.0 Å². The fourth-order valence-corrected chi connectivity index (χ4v) is 1.52. The zero-order chi connectivity index (χ0) is 12.9. The van der Waals surface area contributed by atoms with Gasteiger partial charge in [-0.2, -0.15) is 0 Å². The van der Waals surface area contributed by atoms with Crippen LogP contribution in [0.2, 0.25) is 0 Å². The molecule has 1 rings (SSSR count). The molecule has 0 fully saturated rings. The predicted octanol–water partition coefficient (Wildman–Crippen LogP) is 3.45. The highest BCUT2D eigenvalue weighted by atomic mass is 79.9. The van der Waals surface area contributed by atoms with Crippen molar-refractivity contribution in [1.82, 2.24) is 0 Å². The first-order chi connectivity index (χ1) is 7.98. The minimum atomic E-state index is -0.690. The second kappa shape index (κ2) is 5.70. The maximum Gasteiger partial charge on any atom is 0.163 e. The number of hydrogen-bond donors (Lipinski definition) is 0. The van der Waals surface area contributed by atoms with Crippen LogP contribution in [0.25, 0.3) is 6.08 Å². The molecule has 1 aromatic rings. The second-order valence-corrected chi connectivity index (χ2v) is 4.85. The van der Waals surface area contributed by atoms with Gasteiger partial charge in [0, 0.05) is 10.0 Å². The van der Waals surface area contributed by atoms with E-state index in [4.69, 9.17) is 11.2 Å². The number of terminal acetylenes is 1. The highest BCUT2D eigenvalue weighted by Gasteiger charge is 2.17. The summed E-state index contributed by atoms with van der Waals surface area (Å²) in [6.45, 7) is 3.61. The standard InChI is InChI=1S/C14H13BrO2/c1-4-14(2,3)17-13-10-12(15)8-7-11(13)6-5-9-16/h1,5-10H,2-3H3/b6-5+. The summed E-state index contributed by atoms with van der Waals surface area (Å²) >= 11 is 3.37. The Balaban J connectivity index is 3.12. The van der Waals surface area contributed by atoms with Crippen LogP contribution in [-0.2, 0) is 4.79 Å². The summed E-state index contributed by atoms with van der Waals surface area (Å²) in [5.74, 6) is 3.20. The van der Waals surface area contributed by atoms with Gasteiger partial charge in [0.2, 0.25) is 0 Å². The zero-order valence-electron chi connectivity index (χ0n) is 9.74. The quantitative estimate of drug-likeness (QED) is 0.483. The Morgan fingerprint density at radius 1 is 1.47 bits per heavy atom. The molecule has 0 N–H and O–H groups in total. The van der Waals surface area contributed by atoms with Crippen LogP contribution in [0.4, 0.5) is 0 Å². The number of hydrogen-bond acceptors (Lipinski definition) is 2. The fraction of sp³-hybridized carbons (Fsp3) is 0.214. The molecule has 0 heterocycles. The van der Waals surface area contributed by atoms with Crippen molar-refractivity contribution in [2.45, 2.75) is 19.4 Å². The lowest BCUT2D eigenvalue weighted by atomic mass is 10.1. The van der Waals surface area contributed by atoms with E-state index >= 15 is 0 Å². The summed E-state index contributed by atoms with van der Waals surface area (Å²) in [6, 6.07) is 5.55. The van der Waals surface area contributed by atoms with E-state index in [1.54, 1.807) is 19.9 Å². The number of ether oxygens (including phenoxy) is 1. The average molecular weight is 293 g/mol. The summed E-state index contributed by atoms with van der Waals surface area (Å²) in [5.41, 5.74) is 0.119. The van der Waals surface area contributed by atoms with Crippen molar-refractivity contribution in [3.63, 3.8) is 0 Å². The Hall–Kier alpha value is -1.53. The van der Waals surface area contributed by atoms with E-state index in [1.807, 2.05) is 18.2 Å². The van der Waals surface area contributed by atoms with E-state index < -0.39 is 5.60 Å². The third kappa shape index (κ3) is 4.08.